The zero-order valence-corrected chi connectivity index (χ0v) is 11.8. The lowest BCUT2D eigenvalue weighted by Crippen LogP contribution is -2.44. The molecule has 20 heavy (non-hydrogen) atoms. The van der Waals surface area contributed by atoms with Gasteiger partial charge in [-0.25, -0.2) is 0 Å². The number of rotatable bonds is 4. The maximum absolute atomic E-state index is 12.3. The second-order valence-electron chi connectivity index (χ2n) is 5.56. The quantitative estimate of drug-likeness (QED) is 0.800. The maximum atomic E-state index is 12.3. The number of benzene rings is 2. The SMILES string of the molecule is CC(C)(CCN)NC(=O)c1ccc2ccccc2c1O. The molecular formula is C16H20N2O2. The zero-order valence-electron chi connectivity index (χ0n) is 11.8. The first-order valence-electron chi connectivity index (χ1n) is 6.68. The third-order valence-electron chi connectivity index (χ3n) is 3.37. The van der Waals surface area contributed by atoms with Gasteiger partial charge in [0.15, 0.2) is 0 Å². The predicted molar refractivity (Wildman–Crippen MR) is 80.8 cm³/mol. The summed E-state index contributed by atoms with van der Waals surface area (Å²) in [4.78, 5) is 12.3. The summed E-state index contributed by atoms with van der Waals surface area (Å²) < 4.78 is 0. The molecule has 0 spiro atoms. The number of hydrogen-bond acceptors (Lipinski definition) is 3. The van der Waals surface area contributed by atoms with Gasteiger partial charge >= 0.3 is 0 Å². The van der Waals surface area contributed by atoms with Crippen molar-refractivity contribution in [3.05, 3.63) is 42.0 Å². The van der Waals surface area contributed by atoms with Crippen molar-refractivity contribution < 1.29 is 9.90 Å². The Morgan fingerprint density at radius 1 is 1.25 bits per heavy atom. The van der Waals surface area contributed by atoms with Crippen LogP contribution in [0.4, 0.5) is 0 Å². The fourth-order valence-corrected chi connectivity index (χ4v) is 2.24. The summed E-state index contributed by atoms with van der Waals surface area (Å²) in [6.07, 6.45) is 0.674. The number of nitrogens with one attached hydrogen (secondary N) is 1. The standard InChI is InChI=1S/C16H20N2O2/c1-16(2,9-10-17)18-15(20)13-8-7-11-5-3-4-6-12(11)14(13)19/h3-8,19H,9-10,17H2,1-2H3,(H,18,20). The lowest BCUT2D eigenvalue weighted by molar-refractivity contribution is 0.0908. The van der Waals surface area contributed by atoms with E-state index in [2.05, 4.69) is 5.32 Å². The molecule has 0 aliphatic rings. The van der Waals surface area contributed by atoms with Crippen LogP contribution in [0.15, 0.2) is 36.4 Å². The van der Waals surface area contributed by atoms with Crippen molar-refractivity contribution in [1.29, 1.82) is 0 Å². The lowest BCUT2D eigenvalue weighted by Gasteiger charge is -2.25. The van der Waals surface area contributed by atoms with Crippen LogP contribution in [0.5, 0.6) is 5.75 Å². The van der Waals surface area contributed by atoms with Gasteiger partial charge in [0, 0.05) is 10.9 Å². The molecule has 0 radical (unpaired) electrons. The highest BCUT2D eigenvalue weighted by molar-refractivity contribution is 6.03. The van der Waals surface area contributed by atoms with Crippen LogP contribution in [0.3, 0.4) is 0 Å². The summed E-state index contributed by atoms with van der Waals surface area (Å²) in [6.45, 7) is 4.32. The number of hydrogen-bond donors (Lipinski definition) is 3. The van der Waals surface area contributed by atoms with Gasteiger partial charge in [-0.1, -0.05) is 30.3 Å². The summed E-state index contributed by atoms with van der Waals surface area (Å²) in [7, 11) is 0. The van der Waals surface area contributed by atoms with E-state index in [0.29, 0.717) is 18.4 Å². The minimum Gasteiger partial charge on any atom is -0.506 e. The van der Waals surface area contributed by atoms with E-state index >= 15 is 0 Å². The topological polar surface area (TPSA) is 75.3 Å². The number of phenols is 1. The lowest BCUT2D eigenvalue weighted by atomic mass is 9.99. The van der Waals surface area contributed by atoms with E-state index in [4.69, 9.17) is 5.73 Å². The molecule has 0 aliphatic heterocycles. The molecule has 4 nitrogen and oxygen atoms in total. The highest BCUT2D eigenvalue weighted by Gasteiger charge is 2.22. The number of nitrogens with two attached hydrogens (primary N) is 1. The first kappa shape index (κ1) is 14.3. The Morgan fingerprint density at radius 3 is 2.65 bits per heavy atom. The fraction of sp³-hybridized carbons (Fsp3) is 0.312. The Hall–Kier alpha value is -2.07. The Bertz CT molecular complexity index is 635. The Morgan fingerprint density at radius 2 is 1.95 bits per heavy atom. The zero-order chi connectivity index (χ0) is 14.8. The van der Waals surface area contributed by atoms with Gasteiger partial charge in [-0.15, -0.1) is 0 Å². The molecule has 2 rings (SSSR count). The molecule has 4 N–H and O–H groups in total. The van der Waals surface area contributed by atoms with Gasteiger partial charge in [0.1, 0.15) is 5.75 Å². The van der Waals surface area contributed by atoms with Gasteiger partial charge in [0.25, 0.3) is 5.91 Å². The molecule has 106 valence electrons. The van der Waals surface area contributed by atoms with Gasteiger partial charge in [-0.2, -0.15) is 0 Å². The molecule has 0 fully saturated rings. The minimum absolute atomic E-state index is 0.0177. The van der Waals surface area contributed by atoms with Crippen molar-refractivity contribution in [2.24, 2.45) is 5.73 Å². The number of aromatic hydroxyl groups is 1. The molecule has 0 saturated carbocycles. The van der Waals surface area contributed by atoms with Gasteiger partial charge in [-0.05, 0) is 38.3 Å². The Labute approximate surface area is 118 Å². The van der Waals surface area contributed by atoms with Crippen LogP contribution in [0.25, 0.3) is 10.8 Å². The highest BCUT2D eigenvalue weighted by atomic mass is 16.3. The second kappa shape index (κ2) is 5.51. The second-order valence-corrected chi connectivity index (χ2v) is 5.56. The van der Waals surface area contributed by atoms with Crippen molar-refractivity contribution in [3.63, 3.8) is 0 Å². The smallest absolute Gasteiger partial charge is 0.255 e. The molecule has 0 heterocycles. The van der Waals surface area contributed by atoms with Crippen LogP contribution >= 0.6 is 0 Å². The molecule has 1 amide bonds. The van der Waals surface area contributed by atoms with E-state index in [0.717, 1.165) is 5.39 Å². The summed E-state index contributed by atoms with van der Waals surface area (Å²) in [6, 6.07) is 10.9. The average molecular weight is 272 g/mol. The molecule has 0 unspecified atom stereocenters. The third-order valence-corrected chi connectivity index (χ3v) is 3.37. The van der Waals surface area contributed by atoms with Crippen LogP contribution in [0, 0.1) is 0 Å². The summed E-state index contributed by atoms with van der Waals surface area (Å²) in [5, 5.41) is 14.7. The monoisotopic (exact) mass is 272 g/mol. The average Bonchev–Trinajstić information content (AvgIpc) is 2.38. The first-order valence-corrected chi connectivity index (χ1v) is 6.68. The van der Waals surface area contributed by atoms with E-state index in [1.807, 2.05) is 38.1 Å². The van der Waals surface area contributed by atoms with Crippen molar-refractivity contribution >= 4 is 16.7 Å². The maximum Gasteiger partial charge on any atom is 0.255 e. The van der Waals surface area contributed by atoms with E-state index in [9.17, 15) is 9.90 Å². The van der Waals surface area contributed by atoms with Crippen LogP contribution < -0.4 is 11.1 Å². The predicted octanol–water partition coefficient (Wildman–Crippen LogP) is 2.40. The molecular weight excluding hydrogens is 252 g/mol. The van der Waals surface area contributed by atoms with Crippen molar-refractivity contribution in [2.45, 2.75) is 25.8 Å². The summed E-state index contributed by atoms with van der Waals surface area (Å²) in [5.74, 6) is -0.268. The molecule has 2 aromatic carbocycles. The Balaban J connectivity index is 2.33. The normalized spacial score (nSPS) is 11.6. The van der Waals surface area contributed by atoms with E-state index in [-0.39, 0.29) is 17.2 Å². The van der Waals surface area contributed by atoms with E-state index < -0.39 is 5.54 Å². The van der Waals surface area contributed by atoms with Crippen molar-refractivity contribution in [2.75, 3.05) is 6.54 Å². The van der Waals surface area contributed by atoms with Gasteiger partial charge < -0.3 is 16.2 Å². The van der Waals surface area contributed by atoms with Crippen LogP contribution in [0.2, 0.25) is 0 Å². The van der Waals surface area contributed by atoms with Crippen LogP contribution in [-0.4, -0.2) is 23.1 Å². The van der Waals surface area contributed by atoms with Gasteiger partial charge in [-0.3, -0.25) is 4.79 Å². The molecule has 0 aromatic heterocycles. The molecule has 0 bridgehead atoms. The van der Waals surface area contributed by atoms with Crippen LogP contribution in [-0.2, 0) is 0 Å². The van der Waals surface area contributed by atoms with Crippen molar-refractivity contribution in [3.8, 4) is 5.75 Å². The third kappa shape index (κ3) is 2.91. The summed E-state index contributed by atoms with van der Waals surface area (Å²) >= 11 is 0. The Kier molecular flexibility index (Phi) is 3.95. The van der Waals surface area contributed by atoms with Gasteiger partial charge in [0.05, 0.1) is 5.56 Å². The van der Waals surface area contributed by atoms with E-state index in [1.54, 1.807) is 12.1 Å². The molecule has 0 aliphatic carbocycles. The molecule has 4 heteroatoms. The number of fused-ring (bicyclic) bond motifs is 1. The minimum atomic E-state index is -0.399. The van der Waals surface area contributed by atoms with Crippen LogP contribution in [0.1, 0.15) is 30.6 Å². The number of phenolic OH excluding ortho intramolecular Hbond substituents is 1. The van der Waals surface area contributed by atoms with Gasteiger partial charge in [0.2, 0.25) is 0 Å². The first-order chi connectivity index (χ1) is 9.44. The van der Waals surface area contributed by atoms with E-state index in [1.165, 1.54) is 0 Å². The largest absolute Gasteiger partial charge is 0.506 e. The van der Waals surface area contributed by atoms with Crippen molar-refractivity contribution in [1.82, 2.24) is 5.32 Å². The molecule has 2 aromatic rings. The number of carbonyl (C=O) groups is 1. The number of carbonyl (C=O) groups excluding carboxylic acids is 1. The highest BCUT2D eigenvalue weighted by Crippen LogP contribution is 2.28. The fourth-order valence-electron chi connectivity index (χ4n) is 2.24. The molecule has 0 saturated heterocycles. The summed E-state index contributed by atoms with van der Waals surface area (Å²) in [5.41, 5.74) is 5.42. The molecule has 0 atom stereocenters. The number of amides is 1.